The van der Waals surface area contributed by atoms with Crippen molar-refractivity contribution in [2.75, 3.05) is 0 Å². The second-order valence-corrected chi connectivity index (χ2v) is 9.21. The van der Waals surface area contributed by atoms with E-state index in [-0.39, 0.29) is 10.8 Å². The fraction of sp³-hybridized carbons (Fsp3) is 0.310. The van der Waals surface area contributed by atoms with Crippen LogP contribution in [0.2, 0.25) is 5.02 Å². The van der Waals surface area contributed by atoms with Crippen LogP contribution < -0.4 is 0 Å². The molecule has 1 heterocycles. The van der Waals surface area contributed by atoms with Crippen molar-refractivity contribution >= 4 is 22.4 Å². The first kappa shape index (κ1) is 24.3. The SMILES string of the molecule is CCCCCc1cnc(CCc2ccc3c(F)c(CCc4ccc(Cl)c(F)c4)ccc3c2)nc1. The Hall–Kier alpha value is -2.85. The number of benzene rings is 3. The molecule has 0 spiro atoms. The summed E-state index contributed by atoms with van der Waals surface area (Å²) in [4.78, 5) is 9.03. The molecule has 0 saturated heterocycles. The molecule has 3 aromatic carbocycles. The number of rotatable bonds is 10. The minimum atomic E-state index is -0.445. The molecular formula is C29H29ClF2N2. The Morgan fingerprint density at radius 2 is 1.47 bits per heavy atom. The zero-order valence-corrected chi connectivity index (χ0v) is 20.2. The molecule has 0 amide bonds. The number of unbranched alkanes of at least 4 members (excludes halogenated alkanes) is 2. The van der Waals surface area contributed by atoms with Gasteiger partial charge in [0.2, 0.25) is 0 Å². The molecule has 34 heavy (non-hydrogen) atoms. The van der Waals surface area contributed by atoms with E-state index in [1.165, 1.54) is 37.0 Å². The Morgan fingerprint density at radius 3 is 2.24 bits per heavy atom. The lowest BCUT2D eigenvalue weighted by molar-refractivity contribution is 0.617. The molecule has 0 saturated carbocycles. The molecule has 0 atom stereocenters. The first-order chi connectivity index (χ1) is 16.5. The monoisotopic (exact) mass is 478 g/mol. The van der Waals surface area contributed by atoms with Crippen molar-refractivity contribution in [1.29, 1.82) is 0 Å². The van der Waals surface area contributed by atoms with Gasteiger partial charge >= 0.3 is 0 Å². The Labute approximate surface area is 205 Å². The van der Waals surface area contributed by atoms with Crippen LogP contribution in [0.3, 0.4) is 0 Å². The number of hydrogen-bond acceptors (Lipinski definition) is 2. The summed E-state index contributed by atoms with van der Waals surface area (Å²) in [5, 5.41) is 1.59. The van der Waals surface area contributed by atoms with Gasteiger partial charge in [-0.05, 0) is 71.9 Å². The Bertz CT molecular complexity index is 1260. The van der Waals surface area contributed by atoms with Gasteiger partial charge in [0.05, 0.1) is 5.02 Å². The lowest BCUT2D eigenvalue weighted by Gasteiger charge is -2.09. The van der Waals surface area contributed by atoms with E-state index in [1.807, 2.05) is 42.7 Å². The van der Waals surface area contributed by atoms with Crippen molar-refractivity contribution in [2.45, 2.75) is 58.3 Å². The summed E-state index contributed by atoms with van der Waals surface area (Å²) in [6, 6.07) is 14.4. The standard InChI is InChI=1S/C29H29ClF2N2/c1-2-3-4-5-22-18-33-28(34-19-22)15-9-20-7-13-25-24(16-20)12-11-23(29(25)32)10-6-21-8-14-26(30)27(31)17-21/h7-8,11-14,16-19H,2-6,9-10,15H2,1H3. The maximum Gasteiger partial charge on any atom is 0.142 e. The summed E-state index contributed by atoms with van der Waals surface area (Å²) in [5.74, 6) is 0.180. The number of aryl methyl sites for hydroxylation is 5. The molecule has 0 N–H and O–H groups in total. The second kappa shape index (κ2) is 11.5. The molecule has 0 aliphatic heterocycles. The fourth-order valence-corrected chi connectivity index (χ4v) is 4.30. The van der Waals surface area contributed by atoms with Gasteiger partial charge in [-0.25, -0.2) is 18.7 Å². The smallest absolute Gasteiger partial charge is 0.142 e. The predicted molar refractivity (Wildman–Crippen MR) is 135 cm³/mol. The highest BCUT2D eigenvalue weighted by Crippen LogP contribution is 2.25. The highest BCUT2D eigenvalue weighted by atomic mass is 35.5. The molecule has 0 radical (unpaired) electrons. The summed E-state index contributed by atoms with van der Waals surface area (Å²) in [7, 11) is 0. The van der Waals surface area contributed by atoms with E-state index in [9.17, 15) is 4.39 Å². The molecule has 4 rings (SSSR count). The molecule has 0 fully saturated rings. The Morgan fingerprint density at radius 1 is 0.735 bits per heavy atom. The van der Waals surface area contributed by atoms with Gasteiger partial charge in [0.1, 0.15) is 17.5 Å². The van der Waals surface area contributed by atoms with Crippen LogP contribution in [-0.4, -0.2) is 9.97 Å². The van der Waals surface area contributed by atoms with Crippen LogP contribution in [0.4, 0.5) is 8.78 Å². The Balaban J connectivity index is 1.38. The third kappa shape index (κ3) is 6.18. The van der Waals surface area contributed by atoms with Gasteiger partial charge in [-0.1, -0.05) is 67.8 Å². The van der Waals surface area contributed by atoms with Crippen molar-refractivity contribution in [3.05, 3.63) is 106 Å². The minimum Gasteiger partial charge on any atom is -0.241 e. The van der Waals surface area contributed by atoms with Crippen LogP contribution >= 0.6 is 11.6 Å². The summed E-state index contributed by atoms with van der Waals surface area (Å²) in [5.41, 5.74) is 3.75. The van der Waals surface area contributed by atoms with Gasteiger partial charge in [0, 0.05) is 24.2 Å². The first-order valence-electron chi connectivity index (χ1n) is 12.0. The van der Waals surface area contributed by atoms with E-state index in [1.54, 1.807) is 6.07 Å². The highest BCUT2D eigenvalue weighted by Gasteiger charge is 2.10. The quantitative estimate of drug-likeness (QED) is 0.217. The number of aromatic nitrogens is 2. The number of hydrogen-bond donors (Lipinski definition) is 0. The average molecular weight is 479 g/mol. The average Bonchev–Trinajstić information content (AvgIpc) is 2.85. The van der Waals surface area contributed by atoms with E-state index < -0.39 is 5.82 Å². The molecule has 4 aromatic rings. The number of fused-ring (bicyclic) bond motifs is 1. The highest BCUT2D eigenvalue weighted by molar-refractivity contribution is 6.30. The predicted octanol–water partition coefficient (Wildman–Crippen LogP) is 7.86. The van der Waals surface area contributed by atoms with Crippen LogP contribution in [0.25, 0.3) is 10.8 Å². The summed E-state index contributed by atoms with van der Waals surface area (Å²) < 4.78 is 28.8. The largest absolute Gasteiger partial charge is 0.241 e. The van der Waals surface area contributed by atoms with Crippen LogP contribution in [0, 0.1) is 11.6 Å². The second-order valence-electron chi connectivity index (χ2n) is 8.81. The van der Waals surface area contributed by atoms with Gasteiger partial charge in [0.15, 0.2) is 0 Å². The Kier molecular flexibility index (Phi) is 8.23. The topological polar surface area (TPSA) is 25.8 Å². The molecule has 0 unspecified atom stereocenters. The van der Waals surface area contributed by atoms with Crippen LogP contribution in [-0.2, 0) is 32.1 Å². The van der Waals surface area contributed by atoms with Crippen molar-refractivity contribution in [3.63, 3.8) is 0 Å². The molecule has 5 heteroatoms. The van der Waals surface area contributed by atoms with Crippen LogP contribution in [0.5, 0.6) is 0 Å². The van der Waals surface area contributed by atoms with Gasteiger partial charge < -0.3 is 0 Å². The van der Waals surface area contributed by atoms with Gasteiger partial charge in [-0.3, -0.25) is 0 Å². The van der Waals surface area contributed by atoms with E-state index in [4.69, 9.17) is 11.6 Å². The lowest BCUT2D eigenvalue weighted by atomic mass is 9.98. The van der Waals surface area contributed by atoms with Crippen molar-refractivity contribution in [3.8, 4) is 0 Å². The molecule has 0 bridgehead atoms. The third-order valence-electron chi connectivity index (χ3n) is 6.23. The maximum atomic E-state index is 15.1. The molecule has 0 aliphatic rings. The van der Waals surface area contributed by atoms with E-state index in [0.717, 1.165) is 41.6 Å². The van der Waals surface area contributed by atoms with Gasteiger partial charge in [-0.2, -0.15) is 0 Å². The fourth-order valence-electron chi connectivity index (χ4n) is 4.18. The molecule has 0 aliphatic carbocycles. The third-order valence-corrected chi connectivity index (χ3v) is 6.54. The molecule has 1 aromatic heterocycles. The van der Waals surface area contributed by atoms with Crippen molar-refractivity contribution < 1.29 is 8.78 Å². The van der Waals surface area contributed by atoms with Crippen molar-refractivity contribution in [2.24, 2.45) is 0 Å². The van der Waals surface area contributed by atoms with Gasteiger partial charge in [0.25, 0.3) is 0 Å². The van der Waals surface area contributed by atoms with Gasteiger partial charge in [-0.15, -0.1) is 0 Å². The lowest BCUT2D eigenvalue weighted by Crippen LogP contribution is -2.00. The zero-order chi connectivity index (χ0) is 23.9. The summed E-state index contributed by atoms with van der Waals surface area (Å²) in [6.07, 6.45) is 11.1. The molecule has 176 valence electrons. The van der Waals surface area contributed by atoms with E-state index >= 15 is 4.39 Å². The molecule has 2 nitrogen and oxygen atoms in total. The zero-order valence-electron chi connectivity index (χ0n) is 19.5. The normalized spacial score (nSPS) is 11.3. The van der Waals surface area contributed by atoms with E-state index in [2.05, 4.69) is 16.9 Å². The van der Waals surface area contributed by atoms with Crippen LogP contribution in [0.15, 0.2) is 60.9 Å². The number of nitrogens with zero attached hydrogens (tertiary/aromatic N) is 2. The first-order valence-corrected chi connectivity index (χ1v) is 12.3. The summed E-state index contributed by atoms with van der Waals surface area (Å²) in [6.45, 7) is 2.20. The van der Waals surface area contributed by atoms with Crippen LogP contribution in [0.1, 0.15) is 54.3 Å². The maximum absolute atomic E-state index is 15.1. The minimum absolute atomic E-state index is 0.0995. The number of halogens is 3. The molecular weight excluding hydrogens is 450 g/mol. The van der Waals surface area contributed by atoms with E-state index in [0.29, 0.717) is 23.8 Å². The summed E-state index contributed by atoms with van der Waals surface area (Å²) >= 11 is 5.74. The van der Waals surface area contributed by atoms with Crippen molar-refractivity contribution in [1.82, 2.24) is 9.97 Å².